The molecule has 21 heavy (non-hydrogen) atoms. The third-order valence-corrected chi connectivity index (χ3v) is 4.19. The maximum atomic E-state index is 12.4. The summed E-state index contributed by atoms with van der Waals surface area (Å²) >= 11 is 0. The van der Waals surface area contributed by atoms with E-state index in [9.17, 15) is 21.6 Å². The Morgan fingerprint density at radius 3 is 2.19 bits per heavy atom. The Kier molecular flexibility index (Phi) is 4.26. The van der Waals surface area contributed by atoms with E-state index < -0.39 is 21.6 Å². The summed E-state index contributed by atoms with van der Waals surface area (Å²) in [5, 5.41) is 0. The average molecular weight is 316 g/mol. The summed E-state index contributed by atoms with van der Waals surface area (Å²) in [5.41, 5.74) is -0.159. The molecule has 0 bridgehead atoms. The fourth-order valence-electron chi connectivity index (χ4n) is 1.72. The molecular formula is C13H11F3N2O2S. The highest BCUT2D eigenvalue weighted by atomic mass is 32.2. The van der Waals surface area contributed by atoms with E-state index in [0.29, 0.717) is 11.3 Å². The van der Waals surface area contributed by atoms with Crippen LogP contribution in [0, 0.1) is 0 Å². The second kappa shape index (κ2) is 5.80. The topological polar surface area (TPSA) is 59.9 Å². The molecule has 2 rings (SSSR count). The first-order valence-electron chi connectivity index (χ1n) is 5.88. The molecule has 1 heterocycles. The van der Waals surface area contributed by atoms with Crippen LogP contribution >= 0.6 is 0 Å². The van der Waals surface area contributed by atoms with Crippen molar-refractivity contribution in [1.29, 1.82) is 0 Å². The van der Waals surface area contributed by atoms with Crippen molar-refractivity contribution in [3.05, 3.63) is 59.7 Å². The summed E-state index contributed by atoms with van der Waals surface area (Å²) < 4.78 is 61.2. The van der Waals surface area contributed by atoms with E-state index in [4.69, 9.17) is 0 Å². The van der Waals surface area contributed by atoms with Crippen LogP contribution < -0.4 is 0 Å². The normalized spacial score (nSPS) is 12.3. The van der Waals surface area contributed by atoms with Gasteiger partial charge in [-0.05, 0) is 23.8 Å². The minimum Gasteiger partial charge on any atom is -0.245 e. The standard InChI is InChI=1S/C13H11F3N2O2S/c14-13(15,16)11-3-1-10(2-4-11)7-21(19,20)8-12-5-6-17-9-18-12/h1-6,9H,7-8H2. The molecule has 1 aromatic heterocycles. The highest BCUT2D eigenvalue weighted by Gasteiger charge is 2.30. The first-order chi connectivity index (χ1) is 9.76. The summed E-state index contributed by atoms with van der Waals surface area (Å²) in [6.07, 6.45) is -1.77. The maximum Gasteiger partial charge on any atom is 0.416 e. The minimum absolute atomic E-state index is 0.281. The summed E-state index contributed by atoms with van der Waals surface area (Å²) in [6.45, 7) is 0. The van der Waals surface area contributed by atoms with Crippen molar-refractivity contribution in [3.8, 4) is 0 Å². The van der Waals surface area contributed by atoms with Crippen LogP contribution in [0.5, 0.6) is 0 Å². The van der Waals surface area contributed by atoms with Gasteiger partial charge in [0.2, 0.25) is 0 Å². The summed E-state index contributed by atoms with van der Waals surface area (Å²) in [4.78, 5) is 7.49. The number of rotatable bonds is 4. The van der Waals surface area contributed by atoms with Gasteiger partial charge in [0.15, 0.2) is 9.84 Å². The van der Waals surface area contributed by atoms with Crippen LogP contribution in [0.4, 0.5) is 13.2 Å². The molecule has 0 amide bonds. The lowest BCUT2D eigenvalue weighted by Crippen LogP contribution is -2.09. The fraction of sp³-hybridized carbons (Fsp3) is 0.231. The number of halogens is 3. The zero-order valence-electron chi connectivity index (χ0n) is 10.7. The number of alkyl halides is 3. The zero-order valence-corrected chi connectivity index (χ0v) is 11.5. The van der Waals surface area contributed by atoms with Gasteiger partial charge in [-0.3, -0.25) is 0 Å². The molecule has 0 saturated heterocycles. The average Bonchev–Trinajstić information content (AvgIpc) is 2.38. The molecule has 0 unspecified atom stereocenters. The number of benzene rings is 1. The van der Waals surface area contributed by atoms with Gasteiger partial charge in [-0.2, -0.15) is 13.2 Å². The third kappa shape index (κ3) is 4.52. The van der Waals surface area contributed by atoms with Gasteiger partial charge in [0.05, 0.1) is 22.8 Å². The van der Waals surface area contributed by atoms with Crippen molar-refractivity contribution in [2.45, 2.75) is 17.7 Å². The smallest absolute Gasteiger partial charge is 0.245 e. The summed E-state index contributed by atoms with van der Waals surface area (Å²) in [6, 6.07) is 5.55. The lowest BCUT2D eigenvalue weighted by atomic mass is 10.1. The number of sulfone groups is 1. The molecule has 0 aliphatic carbocycles. The van der Waals surface area contributed by atoms with Crippen LogP contribution in [0.3, 0.4) is 0 Å². The molecule has 0 saturated carbocycles. The second-order valence-electron chi connectivity index (χ2n) is 4.43. The molecule has 0 atom stereocenters. The van der Waals surface area contributed by atoms with E-state index in [0.717, 1.165) is 12.1 Å². The van der Waals surface area contributed by atoms with Crippen LogP contribution in [-0.2, 0) is 27.5 Å². The largest absolute Gasteiger partial charge is 0.416 e. The van der Waals surface area contributed by atoms with Crippen molar-refractivity contribution in [3.63, 3.8) is 0 Å². The highest BCUT2D eigenvalue weighted by Crippen LogP contribution is 2.29. The molecule has 0 aliphatic heterocycles. The van der Waals surface area contributed by atoms with Crippen LogP contribution in [-0.4, -0.2) is 18.4 Å². The van der Waals surface area contributed by atoms with Crippen molar-refractivity contribution in [2.24, 2.45) is 0 Å². The molecule has 0 radical (unpaired) electrons. The van der Waals surface area contributed by atoms with Crippen LogP contribution in [0.1, 0.15) is 16.8 Å². The van der Waals surface area contributed by atoms with Crippen molar-refractivity contribution >= 4 is 9.84 Å². The minimum atomic E-state index is -4.43. The van der Waals surface area contributed by atoms with Gasteiger partial charge in [-0.1, -0.05) is 12.1 Å². The van der Waals surface area contributed by atoms with Crippen LogP contribution in [0.15, 0.2) is 42.9 Å². The predicted molar refractivity (Wildman–Crippen MR) is 69.8 cm³/mol. The molecule has 2 aromatic rings. The van der Waals surface area contributed by atoms with Gasteiger partial charge in [0.1, 0.15) is 6.33 Å². The Morgan fingerprint density at radius 1 is 1.00 bits per heavy atom. The summed E-state index contributed by atoms with van der Waals surface area (Å²) in [5.74, 6) is -0.619. The van der Waals surface area contributed by atoms with Gasteiger partial charge in [-0.25, -0.2) is 18.4 Å². The lowest BCUT2D eigenvalue weighted by molar-refractivity contribution is -0.137. The quantitative estimate of drug-likeness (QED) is 0.870. The molecule has 0 fully saturated rings. The van der Waals surface area contributed by atoms with Gasteiger partial charge in [-0.15, -0.1) is 0 Å². The Morgan fingerprint density at radius 2 is 1.67 bits per heavy atom. The Bertz CT molecular complexity index is 698. The molecule has 4 nitrogen and oxygen atoms in total. The first kappa shape index (κ1) is 15.4. The van der Waals surface area contributed by atoms with E-state index in [2.05, 4.69) is 9.97 Å². The fourth-order valence-corrected chi connectivity index (χ4v) is 3.15. The van der Waals surface area contributed by atoms with E-state index in [1.807, 2.05) is 0 Å². The van der Waals surface area contributed by atoms with Crippen molar-refractivity contribution in [1.82, 2.24) is 9.97 Å². The predicted octanol–water partition coefficient (Wildman–Crippen LogP) is 2.61. The molecule has 1 aromatic carbocycles. The SMILES string of the molecule is O=S(=O)(Cc1ccc(C(F)(F)F)cc1)Cc1ccncn1. The molecular weight excluding hydrogens is 305 g/mol. The van der Waals surface area contributed by atoms with E-state index >= 15 is 0 Å². The number of hydrogen-bond acceptors (Lipinski definition) is 4. The lowest BCUT2D eigenvalue weighted by Gasteiger charge is -2.08. The third-order valence-electron chi connectivity index (χ3n) is 2.68. The number of aromatic nitrogens is 2. The van der Waals surface area contributed by atoms with Crippen molar-refractivity contribution < 1.29 is 21.6 Å². The van der Waals surface area contributed by atoms with Crippen LogP contribution in [0.2, 0.25) is 0 Å². The Labute approximate surface area is 119 Å². The van der Waals surface area contributed by atoms with Gasteiger partial charge in [0, 0.05) is 6.20 Å². The van der Waals surface area contributed by atoms with Gasteiger partial charge in [0.25, 0.3) is 0 Å². The van der Waals surface area contributed by atoms with Crippen molar-refractivity contribution in [2.75, 3.05) is 0 Å². The van der Waals surface area contributed by atoms with E-state index in [1.54, 1.807) is 0 Å². The maximum absolute atomic E-state index is 12.4. The number of hydrogen-bond donors (Lipinski definition) is 0. The molecule has 0 aliphatic rings. The van der Waals surface area contributed by atoms with E-state index in [1.165, 1.54) is 30.7 Å². The zero-order chi connectivity index (χ0) is 15.5. The van der Waals surface area contributed by atoms with Gasteiger partial charge >= 0.3 is 6.18 Å². The van der Waals surface area contributed by atoms with Gasteiger partial charge < -0.3 is 0 Å². The molecule has 8 heteroatoms. The summed E-state index contributed by atoms with van der Waals surface area (Å²) in [7, 11) is -3.51. The monoisotopic (exact) mass is 316 g/mol. The molecule has 0 spiro atoms. The van der Waals surface area contributed by atoms with E-state index in [-0.39, 0.29) is 11.5 Å². The Hall–Kier alpha value is -1.96. The highest BCUT2D eigenvalue weighted by molar-refractivity contribution is 7.89. The second-order valence-corrected chi connectivity index (χ2v) is 6.49. The number of nitrogens with zero attached hydrogens (tertiary/aromatic N) is 2. The molecule has 0 N–H and O–H groups in total. The Balaban J connectivity index is 2.10. The van der Waals surface area contributed by atoms with Crippen LogP contribution in [0.25, 0.3) is 0 Å². The first-order valence-corrected chi connectivity index (χ1v) is 7.70. The molecule has 112 valence electrons.